The largest absolute Gasteiger partial charge is 0.466 e. The molecule has 4 nitrogen and oxygen atoms in total. The van der Waals surface area contributed by atoms with Crippen LogP contribution in [-0.4, -0.2) is 34.6 Å². The average Bonchev–Trinajstić information content (AvgIpc) is 2.48. The van der Waals surface area contributed by atoms with Crippen molar-refractivity contribution in [3.8, 4) is 0 Å². The molecule has 94 valence electrons. The van der Waals surface area contributed by atoms with Gasteiger partial charge in [0.25, 0.3) is 5.91 Å². The summed E-state index contributed by atoms with van der Waals surface area (Å²) >= 11 is 0. The van der Waals surface area contributed by atoms with E-state index in [4.69, 9.17) is 4.42 Å². The number of β-amino-alcohol motifs (C(OH)–C–C–N with tert-alkyl or cyclic N) is 1. The van der Waals surface area contributed by atoms with Crippen molar-refractivity contribution < 1.29 is 14.3 Å². The van der Waals surface area contributed by atoms with Crippen molar-refractivity contribution in [2.75, 3.05) is 13.1 Å². The minimum absolute atomic E-state index is 0.0324. The molecule has 1 saturated heterocycles. The van der Waals surface area contributed by atoms with E-state index in [2.05, 4.69) is 0 Å². The summed E-state index contributed by atoms with van der Waals surface area (Å²) in [6, 6.07) is 0. The van der Waals surface area contributed by atoms with Crippen molar-refractivity contribution in [2.24, 2.45) is 0 Å². The van der Waals surface area contributed by atoms with Gasteiger partial charge in [-0.05, 0) is 27.2 Å². The van der Waals surface area contributed by atoms with E-state index < -0.39 is 5.60 Å². The molecule has 0 spiro atoms. The monoisotopic (exact) mass is 237 g/mol. The van der Waals surface area contributed by atoms with Crippen molar-refractivity contribution in [1.82, 2.24) is 4.90 Å². The van der Waals surface area contributed by atoms with Gasteiger partial charge >= 0.3 is 0 Å². The highest BCUT2D eigenvalue weighted by molar-refractivity contribution is 5.97. The molecular weight excluding hydrogens is 218 g/mol. The van der Waals surface area contributed by atoms with Crippen molar-refractivity contribution in [1.29, 1.82) is 0 Å². The minimum atomic E-state index is -0.684. The van der Waals surface area contributed by atoms with Crippen molar-refractivity contribution in [2.45, 2.75) is 39.7 Å². The van der Waals surface area contributed by atoms with Crippen LogP contribution in [0.4, 0.5) is 0 Å². The van der Waals surface area contributed by atoms with Gasteiger partial charge in [0.15, 0.2) is 0 Å². The highest BCUT2D eigenvalue weighted by atomic mass is 16.3. The predicted octanol–water partition coefficient (Wildman–Crippen LogP) is 1.80. The van der Waals surface area contributed by atoms with Crippen molar-refractivity contribution in [3.05, 3.63) is 22.6 Å². The number of amides is 1. The molecule has 1 aromatic heterocycles. The number of rotatable bonds is 2. The Morgan fingerprint density at radius 2 is 1.94 bits per heavy atom. The van der Waals surface area contributed by atoms with E-state index in [0.29, 0.717) is 30.8 Å². The number of likely N-dealkylation sites (tertiary alicyclic amines) is 1. The molecule has 4 heteroatoms. The van der Waals surface area contributed by atoms with Crippen LogP contribution < -0.4 is 0 Å². The molecule has 0 atom stereocenters. The van der Waals surface area contributed by atoms with Crippen LogP contribution in [-0.2, 0) is 0 Å². The summed E-state index contributed by atoms with van der Waals surface area (Å²) < 4.78 is 5.45. The van der Waals surface area contributed by atoms with E-state index in [9.17, 15) is 9.90 Å². The molecule has 1 aliphatic rings. The first-order valence-electron chi connectivity index (χ1n) is 5.96. The Kier molecular flexibility index (Phi) is 2.78. The Morgan fingerprint density at radius 3 is 2.35 bits per heavy atom. The zero-order chi connectivity index (χ0) is 12.8. The summed E-state index contributed by atoms with van der Waals surface area (Å²) in [5.41, 5.74) is 0.871. The summed E-state index contributed by atoms with van der Waals surface area (Å²) in [5.74, 6) is 1.42. The molecule has 17 heavy (non-hydrogen) atoms. The lowest BCUT2D eigenvalue weighted by atomic mass is 9.90. The average molecular weight is 237 g/mol. The van der Waals surface area contributed by atoms with Gasteiger partial charge < -0.3 is 14.4 Å². The van der Waals surface area contributed by atoms with E-state index >= 15 is 0 Å². The van der Waals surface area contributed by atoms with Crippen LogP contribution in [0.25, 0.3) is 0 Å². The first-order valence-corrected chi connectivity index (χ1v) is 5.96. The Bertz CT molecular complexity index is 455. The maximum atomic E-state index is 12.2. The summed E-state index contributed by atoms with van der Waals surface area (Å²) in [7, 11) is 0. The number of aliphatic hydroxyl groups is 1. The lowest BCUT2D eigenvalue weighted by molar-refractivity contribution is -0.0827. The zero-order valence-corrected chi connectivity index (χ0v) is 10.8. The third kappa shape index (κ3) is 1.86. The molecule has 1 aromatic rings. The SMILES string of the molecule is CCC1(O)CN(C(=O)c2c(C)oc(C)c2C)C1. The number of furan rings is 1. The molecule has 1 fully saturated rings. The highest BCUT2D eigenvalue weighted by Gasteiger charge is 2.43. The smallest absolute Gasteiger partial charge is 0.257 e. The summed E-state index contributed by atoms with van der Waals surface area (Å²) in [6.45, 7) is 8.33. The first-order chi connectivity index (χ1) is 7.88. The van der Waals surface area contributed by atoms with Gasteiger partial charge in [0.1, 0.15) is 11.5 Å². The van der Waals surface area contributed by atoms with Crippen LogP contribution in [0.1, 0.15) is 40.8 Å². The van der Waals surface area contributed by atoms with Gasteiger partial charge in [0.2, 0.25) is 0 Å². The topological polar surface area (TPSA) is 53.7 Å². The van der Waals surface area contributed by atoms with Gasteiger partial charge in [-0.2, -0.15) is 0 Å². The molecule has 0 radical (unpaired) electrons. The van der Waals surface area contributed by atoms with Crippen LogP contribution >= 0.6 is 0 Å². The molecule has 2 rings (SSSR count). The molecule has 1 amide bonds. The van der Waals surface area contributed by atoms with Gasteiger partial charge in [0.05, 0.1) is 24.3 Å². The molecule has 0 saturated carbocycles. The third-order valence-corrected chi connectivity index (χ3v) is 3.69. The Balaban J connectivity index is 2.17. The van der Waals surface area contributed by atoms with Crippen LogP contribution in [0.15, 0.2) is 4.42 Å². The summed E-state index contributed by atoms with van der Waals surface area (Å²) in [6.07, 6.45) is 0.680. The number of nitrogens with zero attached hydrogens (tertiary/aromatic N) is 1. The molecule has 1 N–H and O–H groups in total. The van der Waals surface area contributed by atoms with Crippen LogP contribution in [0, 0.1) is 20.8 Å². The van der Waals surface area contributed by atoms with Gasteiger partial charge in [-0.3, -0.25) is 4.79 Å². The fourth-order valence-corrected chi connectivity index (χ4v) is 2.30. The van der Waals surface area contributed by atoms with E-state index in [1.165, 1.54) is 0 Å². The number of hydrogen-bond acceptors (Lipinski definition) is 3. The fraction of sp³-hybridized carbons (Fsp3) is 0.615. The Morgan fingerprint density at radius 1 is 1.35 bits per heavy atom. The second-order valence-electron chi connectivity index (χ2n) is 4.95. The van der Waals surface area contributed by atoms with Crippen molar-refractivity contribution in [3.63, 3.8) is 0 Å². The second-order valence-corrected chi connectivity index (χ2v) is 4.95. The maximum absolute atomic E-state index is 12.2. The summed E-state index contributed by atoms with van der Waals surface area (Å²) in [5, 5.41) is 9.91. The van der Waals surface area contributed by atoms with E-state index in [1.54, 1.807) is 11.8 Å². The molecular formula is C13H19NO3. The van der Waals surface area contributed by atoms with Gasteiger partial charge in [-0.1, -0.05) is 6.92 Å². The van der Waals surface area contributed by atoms with Crippen LogP contribution in [0.3, 0.4) is 0 Å². The first kappa shape index (κ1) is 12.2. The Labute approximate surface area is 101 Å². The maximum Gasteiger partial charge on any atom is 0.257 e. The predicted molar refractivity (Wildman–Crippen MR) is 64.1 cm³/mol. The van der Waals surface area contributed by atoms with Gasteiger partial charge in [0, 0.05) is 5.56 Å². The minimum Gasteiger partial charge on any atom is -0.466 e. The molecule has 1 aliphatic heterocycles. The van der Waals surface area contributed by atoms with Crippen molar-refractivity contribution >= 4 is 5.91 Å². The lowest BCUT2D eigenvalue weighted by Gasteiger charge is -2.46. The molecule has 2 heterocycles. The highest BCUT2D eigenvalue weighted by Crippen LogP contribution is 2.29. The van der Waals surface area contributed by atoms with E-state index in [1.807, 2.05) is 20.8 Å². The molecule has 0 unspecified atom stereocenters. The lowest BCUT2D eigenvalue weighted by Crippen LogP contribution is -2.63. The quantitative estimate of drug-likeness (QED) is 0.853. The van der Waals surface area contributed by atoms with E-state index in [-0.39, 0.29) is 5.91 Å². The number of carbonyl (C=O) groups is 1. The Hall–Kier alpha value is -1.29. The normalized spacial score (nSPS) is 18.1. The fourth-order valence-electron chi connectivity index (χ4n) is 2.30. The standard InChI is InChI=1S/C13H19NO3/c1-5-13(16)6-14(7-13)12(15)11-8(2)9(3)17-10(11)4/h16H,5-7H2,1-4H3. The van der Waals surface area contributed by atoms with Gasteiger partial charge in [-0.25, -0.2) is 0 Å². The molecule has 0 bridgehead atoms. The zero-order valence-electron chi connectivity index (χ0n) is 10.8. The third-order valence-electron chi connectivity index (χ3n) is 3.69. The van der Waals surface area contributed by atoms with Gasteiger partial charge in [-0.15, -0.1) is 0 Å². The second kappa shape index (κ2) is 3.88. The summed E-state index contributed by atoms with van der Waals surface area (Å²) in [4.78, 5) is 13.9. The molecule has 0 aliphatic carbocycles. The number of aryl methyl sites for hydroxylation is 2. The van der Waals surface area contributed by atoms with Crippen LogP contribution in [0.5, 0.6) is 0 Å². The number of hydrogen-bond donors (Lipinski definition) is 1. The number of carbonyl (C=O) groups excluding carboxylic acids is 1. The molecule has 0 aromatic carbocycles. The van der Waals surface area contributed by atoms with Crippen LogP contribution in [0.2, 0.25) is 0 Å². The van der Waals surface area contributed by atoms with E-state index in [0.717, 1.165) is 11.3 Å².